The molecule has 0 aliphatic carbocycles. The minimum atomic E-state index is -4.58. The van der Waals surface area contributed by atoms with Crippen molar-refractivity contribution in [2.75, 3.05) is 0 Å². The molecule has 0 radical (unpaired) electrons. The fourth-order valence-electron chi connectivity index (χ4n) is 1.77. The molecule has 0 heterocycles. The van der Waals surface area contributed by atoms with E-state index >= 15 is 0 Å². The van der Waals surface area contributed by atoms with Gasteiger partial charge in [0.15, 0.2) is 0 Å². The molecule has 0 bridgehead atoms. The van der Waals surface area contributed by atoms with Gasteiger partial charge in [0.25, 0.3) is 0 Å². The van der Waals surface area contributed by atoms with E-state index in [9.17, 15) is 13.2 Å². The highest BCUT2D eigenvalue weighted by molar-refractivity contribution is 6.42. The summed E-state index contributed by atoms with van der Waals surface area (Å²) in [5, 5.41) is 0.291. The average molecular weight is 360 g/mol. The first-order chi connectivity index (χ1) is 9.20. The van der Waals surface area contributed by atoms with Crippen LogP contribution in [0.3, 0.4) is 0 Å². The first-order valence-corrected chi connectivity index (χ1v) is 6.73. The smallest absolute Gasteiger partial charge is 0.166 e. The third-order valence-corrected chi connectivity index (χ3v) is 3.61. The lowest BCUT2D eigenvalue weighted by Gasteiger charge is -2.15. The van der Waals surface area contributed by atoms with Crippen molar-refractivity contribution in [1.82, 2.24) is 0 Å². The SMILES string of the molecule is FC(F)(F)c1cc(Cl)ccc1-c1c(Cl)cc(Cl)cc1Cl. The molecule has 2 rings (SSSR count). The van der Waals surface area contributed by atoms with Crippen LogP contribution in [0.4, 0.5) is 13.2 Å². The summed E-state index contributed by atoms with van der Waals surface area (Å²) < 4.78 is 39.3. The molecule has 20 heavy (non-hydrogen) atoms. The summed E-state index contributed by atoms with van der Waals surface area (Å²) >= 11 is 23.3. The molecule has 0 N–H and O–H groups in total. The monoisotopic (exact) mass is 358 g/mol. The highest BCUT2D eigenvalue weighted by atomic mass is 35.5. The molecule has 0 amide bonds. The molecule has 0 nitrogen and oxygen atoms in total. The van der Waals surface area contributed by atoms with E-state index in [-0.39, 0.29) is 31.2 Å². The summed E-state index contributed by atoms with van der Waals surface area (Å²) in [4.78, 5) is 0. The zero-order valence-corrected chi connectivity index (χ0v) is 12.6. The van der Waals surface area contributed by atoms with Crippen molar-refractivity contribution in [1.29, 1.82) is 0 Å². The van der Waals surface area contributed by atoms with Crippen molar-refractivity contribution in [2.45, 2.75) is 6.18 Å². The minimum absolute atomic E-state index is 0.0257. The van der Waals surface area contributed by atoms with Crippen molar-refractivity contribution >= 4 is 46.4 Å². The summed E-state index contributed by atoms with van der Waals surface area (Å²) in [5.74, 6) is 0. The van der Waals surface area contributed by atoms with E-state index in [4.69, 9.17) is 46.4 Å². The fraction of sp³-hybridized carbons (Fsp3) is 0.0769. The van der Waals surface area contributed by atoms with Gasteiger partial charge in [-0.05, 0) is 29.8 Å². The van der Waals surface area contributed by atoms with E-state index in [0.717, 1.165) is 6.07 Å². The maximum absolute atomic E-state index is 13.1. The molecular formula is C13H5Cl4F3. The van der Waals surface area contributed by atoms with E-state index in [2.05, 4.69) is 0 Å². The van der Waals surface area contributed by atoms with Gasteiger partial charge < -0.3 is 0 Å². The quantitative estimate of drug-likeness (QED) is 0.514. The van der Waals surface area contributed by atoms with Gasteiger partial charge in [-0.15, -0.1) is 0 Å². The molecule has 0 fully saturated rings. The lowest BCUT2D eigenvalue weighted by Crippen LogP contribution is -2.07. The van der Waals surface area contributed by atoms with Crippen molar-refractivity contribution in [3.63, 3.8) is 0 Å². The van der Waals surface area contributed by atoms with E-state index in [1.807, 2.05) is 0 Å². The molecule has 2 aromatic rings. The lowest BCUT2D eigenvalue weighted by atomic mass is 9.99. The maximum Gasteiger partial charge on any atom is 0.417 e. The molecule has 0 saturated heterocycles. The highest BCUT2D eigenvalue weighted by Crippen LogP contribution is 2.44. The molecule has 0 atom stereocenters. The molecule has 0 aliphatic rings. The Morgan fingerprint density at radius 2 is 1.30 bits per heavy atom. The van der Waals surface area contributed by atoms with Gasteiger partial charge in [-0.25, -0.2) is 0 Å². The van der Waals surface area contributed by atoms with Crippen LogP contribution in [0.1, 0.15) is 5.56 Å². The average Bonchev–Trinajstić information content (AvgIpc) is 2.28. The maximum atomic E-state index is 13.1. The Morgan fingerprint density at radius 1 is 0.750 bits per heavy atom. The normalized spacial score (nSPS) is 11.8. The Balaban J connectivity index is 2.77. The molecular weight excluding hydrogens is 355 g/mol. The van der Waals surface area contributed by atoms with E-state index in [1.165, 1.54) is 24.3 Å². The molecule has 0 saturated carbocycles. The first kappa shape index (κ1) is 15.8. The van der Waals surface area contributed by atoms with Gasteiger partial charge in [0.05, 0.1) is 15.6 Å². The van der Waals surface area contributed by atoms with E-state index in [1.54, 1.807) is 0 Å². The third-order valence-electron chi connectivity index (χ3n) is 2.56. The van der Waals surface area contributed by atoms with Crippen LogP contribution in [0.25, 0.3) is 11.1 Å². The van der Waals surface area contributed by atoms with Gasteiger partial charge in [-0.1, -0.05) is 52.5 Å². The van der Waals surface area contributed by atoms with Crippen molar-refractivity contribution in [2.24, 2.45) is 0 Å². The number of benzene rings is 2. The topological polar surface area (TPSA) is 0 Å². The molecule has 0 aromatic heterocycles. The molecule has 106 valence electrons. The summed E-state index contributed by atoms with van der Waals surface area (Å²) in [6.45, 7) is 0. The van der Waals surface area contributed by atoms with Gasteiger partial charge in [0.2, 0.25) is 0 Å². The first-order valence-electron chi connectivity index (χ1n) is 5.22. The largest absolute Gasteiger partial charge is 0.417 e. The van der Waals surface area contributed by atoms with Crippen LogP contribution in [0.15, 0.2) is 30.3 Å². The lowest BCUT2D eigenvalue weighted by molar-refractivity contribution is -0.137. The molecule has 2 aromatic carbocycles. The Hall–Kier alpha value is -0.610. The van der Waals surface area contributed by atoms with Crippen LogP contribution in [0.2, 0.25) is 20.1 Å². The number of hydrogen-bond acceptors (Lipinski definition) is 0. The second-order valence-corrected chi connectivity index (χ2v) is 5.62. The third kappa shape index (κ3) is 3.17. The number of halogens is 7. The summed E-state index contributed by atoms with van der Waals surface area (Å²) in [6.07, 6.45) is -4.58. The second kappa shape index (κ2) is 5.64. The van der Waals surface area contributed by atoms with Gasteiger partial charge in [0, 0.05) is 15.6 Å². The van der Waals surface area contributed by atoms with Crippen molar-refractivity contribution in [3.8, 4) is 11.1 Å². The van der Waals surface area contributed by atoms with Crippen molar-refractivity contribution in [3.05, 3.63) is 56.0 Å². The van der Waals surface area contributed by atoms with Crippen LogP contribution in [-0.2, 0) is 6.18 Å². The predicted octanol–water partition coefficient (Wildman–Crippen LogP) is 6.99. The molecule has 0 spiro atoms. The Morgan fingerprint density at radius 3 is 1.80 bits per heavy atom. The highest BCUT2D eigenvalue weighted by Gasteiger charge is 2.34. The summed E-state index contributed by atoms with van der Waals surface area (Å²) in [6, 6.07) is 6.07. The van der Waals surface area contributed by atoms with Crippen LogP contribution >= 0.6 is 46.4 Å². The number of hydrogen-bond donors (Lipinski definition) is 0. The van der Waals surface area contributed by atoms with Crippen molar-refractivity contribution < 1.29 is 13.2 Å². The van der Waals surface area contributed by atoms with Gasteiger partial charge in [-0.3, -0.25) is 0 Å². The Kier molecular flexibility index (Phi) is 4.45. The fourth-order valence-corrected chi connectivity index (χ4v) is 2.96. The van der Waals surface area contributed by atoms with Gasteiger partial charge in [-0.2, -0.15) is 13.2 Å². The Bertz CT molecular complexity index is 642. The molecule has 0 aliphatic heterocycles. The van der Waals surface area contributed by atoms with Gasteiger partial charge in [0.1, 0.15) is 0 Å². The summed E-state index contributed by atoms with van der Waals surface area (Å²) in [7, 11) is 0. The zero-order valence-electron chi connectivity index (χ0n) is 9.53. The van der Waals surface area contributed by atoms with E-state index < -0.39 is 11.7 Å². The van der Waals surface area contributed by atoms with Crippen LogP contribution in [-0.4, -0.2) is 0 Å². The van der Waals surface area contributed by atoms with Crippen LogP contribution < -0.4 is 0 Å². The Labute approximate surface area is 133 Å². The van der Waals surface area contributed by atoms with Crippen LogP contribution in [0.5, 0.6) is 0 Å². The molecule has 0 unspecified atom stereocenters. The standard InChI is InChI=1S/C13H5Cl4F3/c14-6-1-2-8(9(3-6)13(18,19)20)12-10(16)4-7(15)5-11(12)17/h1-5H. The summed E-state index contributed by atoms with van der Waals surface area (Å²) in [5.41, 5.74) is -0.980. The zero-order chi connectivity index (χ0) is 15.1. The number of alkyl halides is 3. The predicted molar refractivity (Wildman–Crippen MR) is 76.9 cm³/mol. The van der Waals surface area contributed by atoms with E-state index in [0.29, 0.717) is 0 Å². The second-order valence-electron chi connectivity index (χ2n) is 3.93. The van der Waals surface area contributed by atoms with Crippen LogP contribution in [0, 0.1) is 0 Å². The minimum Gasteiger partial charge on any atom is -0.166 e. The van der Waals surface area contributed by atoms with Gasteiger partial charge >= 0.3 is 6.18 Å². The number of rotatable bonds is 1. The molecule has 7 heteroatoms.